The van der Waals surface area contributed by atoms with Gasteiger partial charge in [0.1, 0.15) is 11.6 Å². The molecule has 0 aliphatic carbocycles. The predicted octanol–water partition coefficient (Wildman–Crippen LogP) is 1.81. The fourth-order valence-electron chi connectivity index (χ4n) is 1.03. The van der Waals surface area contributed by atoms with Crippen molar-refractivity contribution in [2.75, 3.05) is 18.6 Å². The first-order valence-corrected chi connectivity index (χ1v) is 6.84. The van der Waals surface area contributed by atoms with Gasteiger partial charge in [0.15, 0.2) is 0 Å². The van der Waals surface area contributed by atoms with Crippen LogP contribution >= 0.6 is 11.8 Å². The van der Waals surface area contributed by atoms with Gasteiger partial charge in [-0.25, -0.2) is 9.59 Å². The smallest absolute Gasteiger partial charge is 0.408 e. The highest BCUT2D eigenvalue weighted by atomic mass is 32.2. The number of esters is 1. The van der Waals surface area contributed by atoms with Crippen LogP contribution in [0.4, 0.5) is 4.79 Å². The van der Waals surface area contributed by atoms with Gasteiger partial charge in [0.2, 0.25) is 0 Å². The Morgan fingerprint density at radius 1 is 1.35 bits per heavy atom. The fraction of sp³-hybridized carbons (Fsp3) is 0.818. The van der Waals surface area contributed by atoms with Crippen molar-refractivity contribution < 1.29 is 19.1 Å². The summed E-state index contributed by atoms with van der Waals surface area (Å²) < 4.78 is 9.94. The lowest BCUT2D eigenvalue weighted by molar-refractivity contribution is -0.145. The van der Waals surface area contributed by atoms with Crippen molar-refractivity contribution in [1.29, 1.82) is 0 Å². The lowest BCUT2D eigenvalue weighted by Gasteiger charge is -2.22. The number of nitrogens with one attached hydrogen (secondary N) is 1. The highest BCUT2D eigenvalue weighted by Crippen LogP contribution is 2.08. The van der Waals surface area contributed by atoms with Crippen molar-refractivity contribution in [3.8, 4) is 0 Å². The van der Waals surface area contributed by atoms with Crippen LogP contribution in [0.5, 0.6) is 0 Å². The number of hydrogen-bond donors (Lipinski definition) is 1. The number of thioether (sulfide) groups is 1. The molecule has 0 fully saturated rings. The second-order valence-electron chi connectivity index (χ2n) is 4.41. The average molecular weight is 263 g/mol. The van der Waals surface area contributed by atoms with Crippen molar-refractivity contribution in [2.24, 2.45) is 0 Å². The van der Waals surface area contributed by atoms with Gasteiger partial charge >= 0.3 is 12.1 Å². The molecular formula is C11H21NO4S. The minimum atomic E-state index is -0.667. The van der Waals surface area contributed by atoms with Gasteiger partial charge < -0.3 is 14.8 Å². The van der Waals surface area contributed by atoms with Crippen molar-refractivity contribution in [3.63, 3.8) is 0 Å². The Balaban J connectivity index is 4.34. The van der Waals surface area contributed by atoms with Crippen LogP contribution in [0.2, 0.25) is 0 Å². The maximum absolute atomic E-state index is 11.5. The molecule has 0 aromatic heterocycles. The van der Waals surface area contributed by atoms with Crippen LogP contribution in [0.15, 0.2) is 0 Å². The summed E-state index contributed by atoms with van der Waals surface area (Å²) >= 11 is 1.45. The monoisotopic (exact) mass is 263 g/mol. The van der Waals surface area contributed by atoms with E-state index in [-0.39, 0.29) is 0 Å². The van der Waals surface area contributed by atoms with Gasteiger partial charge in [-0.2, -0.15) is 11.8 Å². The first-order valence-electron chi connectivity index (χ1n) is 5.45. The average Bonchev–Trinajstić information content (AvgIpc) is 2.14. The molecule has 0 unspecified atom stereocenters. The van der Waals surface area contributed by atoms with Crippen molar-refractivity contribution in [1.82, 2.24) is 5.32 Å². The molecule has 100 valence electrons. The molecule has 0 aromatic carbocycles. The van der Waals surface area contributed by atoms with Crippen LogP contribution in [0.1, 0.15) is 27.7 Å². The van der Waals surface area contributed by atoms with Gasteiger partial charge in [0.25, 0.3) is 0 Å². The Kier molecular flexibility index (Phi) is 7.03. The molecule has 0 radical (unpaired) electrons. The van der Waals surface area contributed by atoms with Crippen molar-refractivity contribution >= 4 is 23.8 Å². The summed E-state index contributed by atoms with van der Waals surface area (Å²) in [6, 6.07) is -0.667. The maximum atomic E-state index is 11.5. The van der Waals surface area contributed by atoms with E-state index in [2.05, 4.69) is 5.32 Å². The van der Waals surface area contributed by atoms with E-state index < -0.39 is 23.7 Å². The molecule has 1 amide bonds. The Morgan fingerprint density at radius 2 is 1.94 bits per heavy atom. The topological polar surface area (TPSA) is 64.6 Å². The summed E-state index contributed by atoms with van der Waals surface area (Å²) in [5, 5.41) is 2.50. The lowest BCUT2D eigenvalue weighted by atomic mass is 10.2. The standard InChI is InChI=1S/C11H21NO4S/c1-6-15-9(13)8(7-17-5)12-10(14)16-11(2,3)4/h8H,6-7H2,1-5H3,(H,12,14)/t8-/m1/s1. The van der Waals surface area contributed by atoms with Crippen molar-refractivity contribution in [2.45, 2.75) is 39.3 Å². The van der Waals surface area contributed by atoms with Crippen LogP contribution in [-0.4, -0.2) is 42.3 Å². The van der Waals surface area contributed by atoms with E-state index in [4.69, 9.17) is 9.47 Å². The Labute approximate surface area is 107 Å². The highest BCUT2D eigenvalue weighted by Gasteiger charge is 2.24. The largest absolute Gasteiger partial charge is 0.464 e. The summed E-state index contributed by atoms with van der Waals surface area (Å²) in [7, 11) is 0. The summed E-state index contributed by atoms with van der Waals surface area (Å²) in [5.74, 6) is 0.0191. The van der Waals surface area contributed by atoms with Crippen LogP contribution in [0.25, 0.3) is 0 Å². The first kappa shape index (κ1) is 16.1. The molecule has 0 bridgehead atoms. The third-order valence-corrected chi connectivity index (χ3v) is 2.26. The summed E-state index contributed by atoms with van der Waals surface area (Å²) in [6.07, 6.45) is 1.24. The molecule has 0 heterocycles. The molecule has 0 saturated heterocycles. The van der Waals surface area contributed by atoms with Crippen LogP contribution in [0.3, 0.4) is 0 Å². The molecule has 0 rings (SSSR count). The minimum Gasteiger partial charge on any atom is -0.464 e. The van der Waals surface area contributed by atoms with Crippen molar-refractivity contribution in [3.05, 3.63) is 0 Å². The van der Waals surface area contributed by atoms with E-state index >= 15 is 0 Å². The van der Waals surface area contributed by atoms with E-state index in [9.17, 15) is 9.59 Å². The van der Waals surface area contributed by atoms with Gasteiger partial charge in [-0.05, 0) is 34.0 Å². The fourth-order valence-corrected chi connectivity index (χ4v) is 1.58. The van der Waals surface area contributed by atoms with Crippen LogP contribution < -0.4 is 5.32 Å². The zero-order chi connectivity index (χ0) is 13.5. The van der Waals surface area contributed by atoms with Crippen LogP contribution in [0, 0.1) is 0 Å². The van der Waals surface area contributed by atoms with Gasteiger partial charge in [-0.3, -0.25) is 0 Å². The molecule has 0 spiro atoms. The number of carbonyl (C=O) groups excluding carboxylic acids is 2. The Morgan fingerprint density at radius 3 is 2.35 bits per heavy atom. The molecular weight excluding hydrogens is 242 g/mol. The van der Waals surface area contributed by atoms with E-state index in [1.165, 1.54) is 11.8 Å². The molecule has 5 nitrogen and oxygen atoms in total. The Hall–Kier alpha value is -0.910. The third-order valence-electron chi connectivity index (χ3n) is 1.60. The molecule has 6 heteroatoms. The Bertz CT molecular complexity index is 263. The number of hydrogen-bond acceptors (Lipinski definition) is 5. The molecule has 17 heavy (non-hydrogen) atoms. The number of rotatable bonds is 5. The molecule has 0 aromatic rings. The third kappa shape index (κ3) is 7.90. The SMILES string of the molecule is CCOC(=O)[C@@H](CSC)NC(=O)OC(C)(C)C. The van der Waals surface area contributed by atoms with E-state index in [1.54, 1.807) is 27.7 Å². The zero-order valence-corrected chi connectivity index (χ0v) is 11.8. The quantitative estimate of drug-likeness (QED) is 0.766. The summed E-state index contributed by atoms with van der Waals surface area (Å²) in [6.45, 7) is 7.31. The second-order valence-corrected chi connectivity index (χ2v) is 5.32. The lowest BCUT2D eigenvalue weighted by Crippen LogP contribution is -2.45. The minimum absolute atomic E-state index is 0.291. The van der Waals surface area contributed by atoms with E-state index in [0.717, 1.165) is 0 Å². The van der Waals surface area contributed by atoms with E-state index in [1.807, 2.05) is 6.26 Å². The van der Waals surface area contributed by atoms with Crippen LogP contribution in [-0.2, 0) is 14.3 Å². The second kappa shape index (κ2) is 7.42. The molecule has 0 saturated carbocycles. The predicted molar refractivity (Wildman–Crippen MR) is 68.2 cm³/mol. The summed E-state index contributed by atoms with van der Waals surface area (Å²) in [4.78, 5) is 23.0. The maximum Gasteiger partial charge on any atom is 0.408 e. The molecule has 1 N–H and O–H groups in total. The highest BCUT2D eigenvalue weighted by molar-refractivity contribution is 7.98. The number of alkyl carbamates (subject to hydrolysis) is 1. The summed E-state index contributed by atoms with van der Waals surface area (Å²) in [5.41, 5.74) is -0.581. The number of carbonyl (C=O) groups is 2. The van der Waals surface area contributed by atoms with Gasteiger partial charge in [0.05, 0.1) is 6.61 Å². The van der Waals surface area contributed by atoms with E-state index in [0.29, 0.717) is 12.4 Å². The molecule has 0 aliphatic rings. The molecule has 0 aliphatic heterocycles. The normalized spacial score (nSPS) is 12.8. The van der Waals surface area contributed by atoms with Gasteiger partial charge in [-0.1, -0.05) is 0 Å². The first-order chi connectivity index (χ1) is 7.80. The zero-order valence-electron chi connectivity index (χ0n) is 11.0. The van der Waals surface area contributed by atoms with Gasteiger partial charge in [0, 0.05) is 5.75 Å². The van der Waals surface area contributed by atoms with Gasteiger partial charge in [-0.15, -0.1) is 0 Å². The number of ether oxygens (including phenoxy) is 2. The number of amides is 1. The molecule has 1 atom stereocenters.